The highest BCUT2D eigenvalue weighted by molar-refractivity contribution is 6.41. The van der Waals surface area contributed by atoms with Crippen molar-refractivity contribution in [2.45, 2.75) is 12.5 Å². The van der Waals surface area contributed by atoms with E-state index in [4.69, 9.17) is 0 Å². The lowest BCUT2D eigenvalue weighted by molar-refractivity contribution is -0.134. The van der Waals surface area contributed by atoms with Crippen LogP contribution in [0.1, 0.15) is 18.0 Å². The molecule has 1 aliphatic heterocycles. The Kier molecular flexibility index (Phi) is 4.24. The molecule has 0 radical (unpaired) electrons. The molecule has 1 atom stereocenters. The summed E-state index contributed by atoms with van der Waals surface area (Å²) in [5, 5.41) is 7.76. The van der Waals surface area contributed by atoms with Crippen molar-refractivity contribution in [1.29, 1.82) is 0 Å². The van der Waals surface area contributed by atoms with E-state index in [2.05, 4.69) is 16.0 Å². The lowest BCUT2D eigenvalue weighted by Crippen LogP contribution is -2.34. The number of halogens is 1. The van der Waals surface area contributed by atoms with E-state index in [0.29, 0.717) is 16.9 Å². The van der Waals surface area contributed by atoms with E-state index in [1.807, 2.05) is 0 Å². The normalized spacial score (nSPS) is 16.6. The van der Waals surface area contributed by atoms with Gasteiger partial charge in [0.2, 0.25) is 5.78 Å². The molecule has 2 aromatic rings. The maximum atomic E-state index is 12.9. The number of ketones is 1. The molecule has 7 heteroatoms. The van der Waals surface area contributed by atoms with Gasteiger partial charge in [0.05, 0.1) is 6.04 Å². The second-order valence-electron chi connectivity index (χ2n) is 5.33. The summed E-state index contributed by atoms with van der Waals surface area (Å²) in [6, 6.07) is 11.0. The van der Waals surface area contributed by atoms with E-state index >= 15 is 0 Å². The van der Waals surface area contributed by atoms with Gasteiger partial charge in [-0.15, -0.1) is 0 Å². The number of anilines is 2. The molecule has 0 spiro atoms. The summed E-state index contributed by atoms with van der Waals surface area (Å²) in [5.74, 6) is -1.72. The highest BCUT2D eigenvalue weighted by Gasteiger charge is 2.28. The lowest BCUT2D eigenvalue weighted by Gasteiger charge is -2.18. The quantitative estimate of drug-likeness (QED) is 0.741. The van der Waals surface area contributed by atoms with E-state index < -0.39 is 29.6 Å². The van der Waals surface area contributed by atoms with Gasteiger partial charge in [0.25, 0.3) is 5.91 Å². The van der Waals surface area contributed by atoms with Crippen LogP contribution in [0.2, 0.25) is 0 Å². The minimum absolute atomic E-state index is 0.139. The van der Waals surface area contributed by atoms with Crippen LogP contribution in [0, 0.1) is 5.82 Å². The zero-order valence-corrected chi connectivity index (χ0v) is 12.5. The van der Waals surface area contributed by atoms with Gasteiger partial charge < -0.3 is 16.0 Å². The summed E-state index contributed by atoms with van der Waals surface area (Å²) in [6.07, 6.45) is -0.139. The largest absolute Gasteiger partial charge is 0.331 e. The summed E-state index contributed by atoms with van der Waals surface area (Å²) >= 11 is 0. The van der Waals surface area contributed by atoms with Crippen LogP contribution in [-0.4, -0.2) is 17.7 Å². The molecule has 0 fully saturated rings. The number of fused-ring (bicyclic) bond motifs is 1. The van der Waals surface area contributed by atoms with Gasteiger partial charge in [-0.1, -0.05) is 18.2 Å². The van der Waals surface area contributed by atoms with Crippen molar-refractivity contribution in [1.82, 2.24) is 5.32 Å². The summed E-state index contributed by atoms with van der Waals surface area (Å²) < 4.78 is 12.9. The van der Waals surface area contributed by atoms with Crippen molar-refractivity contribution < 1.29 is 18.8 Å². The third-order valence-corrected chi connectivity index (χ3v) is 3.63. The van der Waals surface area contributed by atoms with Crippen LogP contribution in [0.3, 0.4) is 0 Å². The Morgan fingerprint density at radius 3 is 2.54 bits per heavy atom. The predicted molar refractivity (Wildman–Crippen MR) is 86.0 cm³/mol. The van der Waals surface area contributed by atoms with Crippen LogP contribution >= 0.6 is 0 Å². The third-order valence-electron chi connectivity index (χ3n) is 3.63. The molecule has 1 unspecified atom stereocenters. The number of para-hydroxylation sites is 1. The summed E-state index contributed by atoms with van der Waals surface area (Å²) in [6.45, 7) is 0. The fourth-order valence-electron chi connectivity index (χ4n) is 2.48. The fourth-order valence-corrected chi connectivity index (χ4v) is 2.48. The monoisotopic (exact) mass is 327 g/mol. The summed E-state index contributed by atoms with van der Waals surface area (Å²) in [4.78, 5) is 35.7. The first-order chi connectivity index (χ1) is 11.5. The van der Waals surface area contributed by atoms with E-state index in [-0.39, 0.29) is 6.42 Å². The van der Waals surface area contributed by atoms with Crippen molar-refractivity contribution in [3.8, 4) is 0 Å². The lowest BCUT2D eigenvalue weighted by atomic mass is 10.0. The number of carbonyl (C=O) groups is 3. The number of rotatable bonds is 2. The molecule has 24 heavy (non-hydrogen) atoms. The Morgan fingerprint density at radius 1 is 1.08 bits per heavy atom. The Balaban J connectivity index is 1.77. The Labute approximate surface area is 137 Å². The fraction of sp³-hybridized carbons (Fsp3) is 0.118. The first-order valence-corrected chi connectivity index (χ1v) is 7.29. The molecule has 6 nitrogen and oxygen atoms in total. The number of Topliss-reactive ketones (excluding diaryl/α,β-unsaturated/α-hetero) is 1. The summed E-state index contributed by atoms with van der Waals surface area (Å²) in [5.41, 5.74) is 1.54. The van der Waals surface area contributed by atoms with Gasteiger partial charge in [0, 0.05) is 17.8 Å². The third kappa shape index (κ3) is 3.40. The maximum Gasteiger partial charge on any atom is 0.319 e. The number of nitrogens with one attached hydrogen (secondary N) is 3. The molecular formula is C17H14FN3O3. The summed E-state index contributed by atoms with van der Waals surface area (Å²) in [7, 11) is 0. The van der Waals surface area contributed by atoms with Crippen LogP contribution in [0.25, 0.3) is 0 Å². The van der Waals surface area contributed by atoms with Gasteiger partial charge in [0.15, 0.2) is 0 Å². The van der Waals surface area contributed by atoms with Gasteiger partial charge in [-0.3, -0.25) is 9.59 Å². The number of amides is 3. The Morgan fingerprint density at radius 2 is 1.79 bits per heavy atom. The van der Waals surface area contributed by atoms with Crippen molar-refractivity contribution >= 4 is 29.1 Å². The minimum Gasteiger partial charge on any atom is -0.331 e. The van der Waals surface area contributed by atoms with Crippen LogP contribution in [0.5, 0.6) is 0 Å². The maximum absolute atomic E-state index is 12.9. The van der Waals surface area contributed by atoms with Crippen LogP contribution in [-0.2, 0) is 9.59 Å². The van der Waals surface area contributed by atoms with E-state index in [0.717, 1.165) is 0 Å². The van der Waals surface area contributed by atoms with E-state index in [1.165, 1.54) is 24.3 Å². The topological polar surface area (TPSA) is 87.3 Å². The van der Waals surface area contributed by atoms with Crippen molar-refractivity contribution in [3.63, 3.8) is 0 Å². The van der Waals surface area contributed by atoms with Crippen molar-refractivity contribution in [3.05, 3.63) is 59.9 Å². The zero-order valence-electron chi connectivity index (χ0n) is 12.5. The Bertz CT molecular complexity index is 805. The number of hydrogen-bond acceptors (Lipinski definition) is 3. The van der Waals surface area contributed by atoms with Crippen LogP contribution in [0.4, 0.5) is 20.6 Å². The van der Waals surface area contributed by atoms with Crippen molar-refractivity contribution in [2.75, 3.05) is 10.6 Å². The highest BCUT2D eigenvalue weighted by Crippen LogP contribution is 2.28. The number of benzene rings is 2. The molecule has 0 aromatic heterocycles. The first-order valence-electron chi connectivity index (χ1n) is 7.29. The first kappa shape index (κ1) is 15.7. The van der Waals surface area contributed by atoms with Crippen LogP contribution in [0.15, 0.2) is 48.5 Å². The average molecular weight is 327 g/mol. The van der Waals surface area contributed by atoms with Crippen LogP contribution < -0.4 is 16.0 Å². The van der Waals surface area contributed by atoms with E-state index in [9.17, 15) is 18.8 Å². The van der Waals surface area contributed by atoms with E-state index in [1.54, 1.807) is 24.3 Å². The smallest absolute Gasteiger partial charge is 0.319 e. The molecule has 1 aliphatic rings. The average Bonchev–Trinajstić information content (AvgIpc) is 2.67. The van der Waals surface area contributed by atoms with Gasteiger partial charge in [-0.25, -0.2) is 9.18 Å². The second kappa shape index (κ2) is 6.49. The standard InChI is InChI=1S/C17H14FN3O3/c18-10-5-7-11(8-6-10)19-17(24)21-14-9-15(22)16(23)20-13-4-2-1-3-12(13)14/h1-8,14H,9H2,(H,20,23)(H2,19,21,24). The molecule has 3 N–H and O–H groups in total. The number of hydrogen-bond donors (Lipinski definition) is 3. The molecule has 3 amide bonds. The predicted octanol–water partition coefficient (Wildman–Crippen LogP) is 2.60. The molecule has 0 bridgehead atoms. The molecule has 3 rings (SSSR count). The molecule has 122 valence electrons. The number of carbonyl (C=O) groups excluding carboxylic acids is 3. The zero-order chi connectivity index (χ0) is 17.1. The van der Waals surface area contributed by atoms with Crippen molar-refractivity contribution in [2.24, 2.45) is 0 Å². The highest BCUT2D eigenvalue weighted by atomic mass is 19.1. The SMILES string of the molecule is O=C(Nc1ccc(F)cc1)NC1CC(=O)C(=O)Nc2ccccc21. The molecular weight excluding hydrogens is 313 g/mol. The minimum atomic E-state index is -0.703. The van der Waals surface area contributed by atoms with Gasteiger partial charge >= 0.3 is 6.03 Å². The second-order valence-corrected chi connectivity index (χ2v) is 5.33. The molecule has 2 aromatic carbocycles. The van der Waals surface area contributed by atoms with Gasteiger partial charge in [-0.2, -0.15) is 0 Å². The molecule has 1 heterocycles. The Hall–Kier alpha value is -3.22. The van der Waals surface area contributed by atoms with Gasteiger partial charge in [0.1, 0.15) is 5.82 Å². The molecule has 0 saturated heterocycles. The molecule has 0 aliphatic carbocycles. The number of urea groups is 1. The van der Waals surface area contributed by atoms with Gasteiger partial charge in [-0.05, 0) is 35.9 Å². The molecule has 0 saturated carbocycles.